The lowest BCUT2D eigenvalue weighted by Gasteiger charge is -2.37. The van der Waals surface area contributed by atoms with Crippen LogP contribution in [-0.2, 0) is 9.59 Å². The molecule has 0 spiro atoms. The van der Waals surface area contributed by atoms with E-state index in [4.69, 9.17) is 16.3 Å². The monoisotopic (exact) mass is 634 g/mol. The number of nitrogens with one attached hydrogen (secondary N) is 3. The molecule has 1 aromatic carbocycles. The normalized spacial score (nSPS) is 18.0. The standard InChI is InChI=1S/C29H30ClF3N6O5/c1-14-12-24(27(42)38-37-14)44-23-11-8-20(34-15(23)2)26(41)35-16(3)28(43)39-21(18-6-5-7-19(30)13-18)9-10-22(39)25(29(31,32)33)36-17(4)40/h5-8,11-13,16,21-22,25H,9-10H2,1-4H3,(H,35,41)(H,36,40)(H,38,42)/t16?,21-,22+,25?/m0/s1. The molecule has 0 bridgehead atoms. The molecule has 3 amide bonds. The Morgan fingerprint density at radius 1 is 1.09 bits per heavy atom. The Hall–Kier alpha value is -4.46. The summed E-state index contributed by atoms with van der Waals surface area (Å²) in [5, 5.41) is 10.9. The van der Waals surface area contributed by atoms with E-state index in [1.807, 2.05) is 5.32 Å². The summed E-state index contributed by atoms with van der Waals surface area (Å²) in [6, 6.07) is 4.79. The number of benzene rings is 1. The number of ether oxygens (including phenoxy) is 1. The third-order valence-electron chi connectivity index (χ3n) is 7.12. The van der Waals surface area contributed by atoms with Crippen LogP contribution in [0.3, 0.4) is 0 Å². The van der Waals surface area contributed by atoms with E-state index in [1.54, 1.807) is 38.1 Å². The summed E-state index contributed by atoms with van der Waals surface area (Å²) in [6.07, 6.45) is -4.74. The summed E-state index contributed by atoms with van der Waals surface area (Å²) in [5.74, 6) is -2.27. The summed E-state index contributed by atoms with van der Waals surface area (Å²) in [7, 11) is 0. The molecule has 4 atom stereocenters. The Balaban J connectivity index is 1.58. The van der Waals surface area contributed by atoms with Gasteiger partial charge in [-0.1, -0.05) is 23.7 Å². The highest BCUT2D eigenvalue weighted by Crippen LogP contribution is 2.41. The van der Waals surface area contributed by atoms with E-state index in [-0.39, 0.29) is 35.7 Å². The topological polar surface area (TPSA) is 146 Å². The van der Waals surface area contributed by atoms with Crippen LogP contribution in [0.4, 0.5) is 13.2 Å². The average molecular weight is 635 g/mol. The highest BCUT2D eigenvalue weighted by Gasteiger charge is 2.53. The lowest BCUT2D eigenvalue weighted by Crippen LogP contribution is -2.60. The van der Waals surface area contributed by atoms with Crippen molar-refractivity contribution in [1.29, 1.82) is 0 Å². The molecule has 234 valence electrons. The van der Waals surface area contributed by atoms with E-state index in [0.717, 1.165) is 11.8 Å². The molecule has 3 heterocycles. The highest BCUT2D eigenvalue weighted by molar-refractivity contribution is 6.30. The fourth-order valence-corrected chi connectivity index (χ4v) is 5.35. The second kappa shape index (κ2) is 13.0. The molecule has 3 N–H and O–H groups in total. The first-order valence-electron chi connectivity index (χ1n) is 13.6. The minimum Gasteiger partial charge on any atom is -0.450 e. The minimum absolute atomic E-state index is 0.0235. The van der Waals surface area contributed by atoms with Crippen molar-refractivity contribution in [3.8, 4) is 11.5 Å². The molecule has 0 saturated carbocycles. The van der Waals surface area contributed by atoms with Gasteiger partial charge in [0.05, 0.1) is 23.5 Å². The Morgan fingerprint density at radius 3 is 2.45 bits per heavy atom. The number of nitrogens with zero attached hydrogens (tertiary/aromatic N) is 3. The number of halogens is 4. The van der Waals surface area contributed by atoms with Gasteiger partial charge in [-0.3, -0.25) is 19.2 Å². The highest BCUT2D eigenvalue weighted by atomic mass is 35.5. The third kappa shape index (κ3) is 7.36. The SMILES string of the molecule is CC(=O)NC([C@H]1CC[C@@H](c2cccc(Cl)c2)N1C(=O)C(C)NC(=O)c1ccc(Oc2cc(C)n[nH]c2=O)c(C)n1)C(F)(F)F. The zero-order chi connectivity index (χ0) is 32.3. The van der Waals surface area contributed by atoms with Gasteiger partial charge < -0.3 is 20.3 Å². The molecule has 44 heavy (non-hydrogen) atoms. The Kier molecular flexibility index (Phi) is 9.62. The maximum absolute atomic E-state index is 14.2. The summed E-state index contributed by atoms with van der Waals surface area (Å²) >= 11 is 6.14. The van der Waals surface area contributed by atoms with E-state index < -0.39 is 53.6 Å². The lowest BCUT2D eigenvalue weighted by molar-refractivity contribution is -0.176. The number of rotatable bonds is 8. The maximum atomic E-state index is 14.2. The number of alkyl halides is 3. The van der Waals surface area contributed by atoms with Gasteiger partial charge >= 0.3 is 11.7 Å². The molecule has 2 unspecified atom stereocenters. The predicted octanol–water partition coefficient (Wildman–Crippen LogP) is 4.15. The molecule has 3 aromatic rings. The van der Waals surface area contributed by atoms with Crippen molar-refractivity contribution in [3.63, 3.8) is 0 Å². The molecule has 4 rings (SSSR count). The van der Waals surface area contributed by atoms with Gasteiger partial charge in [-0.15, -0.1) is 0 Å². The molecular weight excluding hydrogens is 605 g/mol. The number of carbonyl (C=O) groups excluding carboxylic acids is 3. The first-order chi connectivity index (χ1) is 20.6. The minimum atomic E-state index is -4.85. The quantitative estimate of drug-likeness (QED) is 0.337. The van der Waals surface area contributed by atoms with Crippen molar-refractivity contribution in [1.82, 2.24) is 30.7 Å². The van der Waals surface area contributed by atoms with Crippen LogP contribution in [0.15, 0.2) is 47.3 Å². The van der Waals surface area contributed by atoms with Gasteiger partial charge in [0.2, 0.25) is 11.8 Å². The van der Waals surface area contributed by atoms with Crippen molar-refractivity contribution in [3.05, 3.63) is 80.5 Å². The molecule has 11 nitrogen and oxygen atoms in total. The van der Waals surface area contributed by atoms with Gasteiger partial charge in [-0.2, -0.15) is 18.3 Å². The number of hydrogen-bond acceptors (Lipinski definition) is 7. The zero-order valence-corrected chi connectivity index (χ0v) is 24.9. The first-order valence-corrected chi connectivity index (χ1v) is 14.0. The van der Waals surface area contributed by atoms with E-state index in [1.165, 1.54) is 25.1 Å². The fraction of sp³-hybridized carbons (Fsp3) is 0.379. The number of aryl methyl sites for hydroxylation is 2. The molecule has 2 aromatic heterocycles. The number of aromatic amines is 1. The molecule has 0 aliphatic carbocycles. The van der Waals surface area contributed by atoms with Gasteiger partial charge in [0.15, 0.2) is 5.75 Å². The molecule has 1 saturated heterocycles. The smallest absolute Gasteiger partial charge is 0.410 e. The number of aromatic nitrogens is 3. The Morgan fingerprint density at radius 2 is 1.82 bits per heavy atom. The number of likely N-dealkylation sites (tertiary alicyclic amines) is 1. The van der Waals surface area contributed by atoms with E-state index >= 15 is 0 Å². The largest absolute Gasteiger partial charge is 0.450 e. The number of hydrogen-bond donors (Lipinski definition) is 3. The maximum Gasteiger partial charge on any atom is 0.410 e. The van der Waals surface area contributed by atoms with Crippen LogP contribution in [0.2, 0.25) is 5.02 Å². The number of amides is 3. The molecule has 1 aliphatic rings. The second-order valence-electron chi connectivity index (χ2n) is 10.5. The third-order valence-corrected chi connectivity index (χ3v) is 7.35. The summed E-state index contributed by atoms with van der Waals surface area (Å²) in [6.45, 7) is 5.54. The van der Waals surface area contributed by atoms with Gasteiger partial charge in [0, 0.05) is 18.0 Å². The van der Waals surface area contributed by atoms with E-state index in [0.29, 0.717) is 16.3 Å². The second-order valence-corrected chi connectivity index (χ2v) is 10.9. The first kappa shape index (κ1) is 32.5. The van der Waals surface area contributed by atoms with Crippen LogP contribution < -0.4 is 20.9 Å². The van der Waals surface area contributed by atoms with Crippen LogP contribution in [-0.4, -0.2) is 62.1 Å². The Labute approximate surface area is 255 Å². The zero-order valence-electron chi connectivity index (χ0n) is 24.2. The van der Waals surface area contributed by atoms with Gasteiger partial charge in [-0.25, -0.2) is 10.1 Å². The van der Waals surface area contributed by atoms with E-state index in [2.05, 4.69) is 20.5 Å². The van der Waals surface area contributed by atoms with Crippen molar-refractivity contribution < 1.29 is 32.3 Å². The number of pyridine rings is 1. The summed E-state index contributed by atoms with van der Waals surface area (Å²) < 4.78 is 48.1. The van der Waals surface area contributed by atoms with Crippen LogP contribution in [0.25, 0.3) is 0 Å². The van der Waals surface area contributed by atoms with Crippen molar-refractivity contribution in [2.45, 2.75) is 70.9 Å². The predicted molar refractivity (Wildman–Crippen MR) is 153 cm³/mol. The molecular formula is C29H30ClF3N6O5. The van der Waals surface area contributed by atoms with E-state index in [9.17, 15) is 32.3 Å². The van der Waals surface area contributed by atoms with Gasteiger partial charge in [0.25, 0.3) is 5.91 Å². The van der Waals surface area contributed by atoms with Crippen LogP contribution in [0.5, 0.6) is 11.5 Å². The molecule has 15 heteroatoms. The summed E-state index contributed by atoms with van der Waals surface area (Å²) in [4.78, 5) is 55.9. The fourth-order valence-electron chi connectivity index (χ4n) is 5.15. The van der Waals surface area contributed by atoms with Crippen molar-refractivity contribution in [2.75, 3.05) is 0 Å². The molecule has 1 aliphatic heterocycles. The Bertz CT molecular complexity index is 1630. The number of carbonyl (C=O) groups is 3. The van der Waals surface area contributed by atoms with Crippen molar-refractivity contribution in [2.24, 2.45) is 0 Å². The molecule has 1 fully saturated rings. The number of H-pyrrole nitrogens is 1. The van der Waals surface area contributed by atoms with Crippen LogP contribution in [0.1, 0.15) is 60.2 Å². The van der Waals surface area contributed by atoms with Crippen LogP contribution >= 0.6 is 11.6 Å². The van der Waals surface area contributed by atoms with Gasteiger partial charge in [-0.05, 0) is 63.4 Å². The summed E-state index contributed by atoms with van der Waals surface area (Å²) in [5.41, 5.74) is 0.634. The van der Waals surface area contributed by atoms with Gasteiger partial charge in [0.1, 0.15) is 23.5 Å². The lowest BCUT2D eigenvalue weighted by atomic mass is 10.0. The average Bonchev–Trinajstić information content (AvgIpc) is 3.38. The molecule has 0 radical (unpaired) electrons. The van der Waals surface area contributed by atoms with Crippen molar-refractivity contribution >= 4 is 29.3 Å². The van der Waals surface area contributed by atoms with Crippen LogP contribution in [0, 0.1) is 13.8 Å².